The number of methoxy groups -OCH3 is 1. The Labute approximate surface area is 149 Å². The lowest BCUT2D eigenvalue weighted by Gasteiger charge is -2.06. The van der Waals surface area contributed by atoms with Gasteiger partial charge in [0.15, 0.2) is 0 Å². The summed E-state index contributed by atoms with van der Waals surface area (Å²) in [4.78, 5) is 22.8. The number of fused-ring (bicyclic) bond motifs is 1. The van der Waals surface area contributed by atoms with Gasteiger partial charge < -0.3 is 13.9 Å². The molecule has 0 radical (unpaired) electrons. The first-order valence-electron chi connectivity index (χ1n) is 7.89. The minimum atomic E-state index is -0.621. The molecule has 0 saturated carbocycles. The molecule has 7 heteroatoms. The lowest BCUT2D eigenvalue weighted by molar-refractivity contribution is -0.385. The van der Waals surface area contributed by atoms with Gasteiger partial charge in [0, 0.05) is 10.9 Å². The zero-order valence-corrected chi connectivity index (χ0v) is 14.6. The van der Waals surface area contributed by atoms with Gasteiger partial charge in [-0.25, -0.2) is 0 Å². The summed E-state index contributed by atoms with van der Waals surface area (Å²) in [7, 11) is 1.40. The van der Waals surface area contributed by atoms with Gasteiger partial charge in [-0.2, -0.15) is 0 Å². The molecule has 3 aromatic rings. The van der Waals surface area contributed by atoms with Gasteiger partial charge in [-0.3, -0.25) is 14.9 Å². The molecular formula is C19H17NO6. The minimum Gasteiger partial charge on any atom is -0.496 e. The van der Waals surface area contributed by atoms with E-state index in [1.165, 1.54) is 31.6 Å². The molecule has 1 aromatic heterocycles. The number of carbonyl (C=O) groups is 1. The van der Waals surface area contributed by atoms with E-state index in [-0.39, 0.29) is 17.9 Å². The van der Waals surface area contributed by atoms with E-state index in [1.807, 2.05) is 26.0 Å². The van der Waals surface area contributed by atoms with Crippen LogP contribution < -0.4 is 9.47 Å². The highest BCUT2D eigenvalue weighted by Crippen LogP contribution is 2.32. The van der Waals surface area contributed by atoms with Crippen LogP contribution in [-0.4, -0.2) is 18.0 Å². The number of ether oxygens (including phenoxy) is 2. The second-order valence-corrected chi connectivity index (χ2v) is 5.94. The summed E-state index contributed by atoms with van der Waals surface area (Å²) in [6.45, 7) is 3.96. The van der Waals surface area contributed by atoms with Crippen LogP contribution in [-0.2, 0) is 11.2 Å². The van der Waals surface area contributed by atoms with Crippen molar-refractivity contribution in [3.63, 3.8) is 0 Å². The lowest BCUT2D eigenvalue weighted by atomic mass is 10.0. The van der Waals surface area contributed by atoms with Crippen molar-refractivity contribution in [1.29, 1.82) is 0 Å². The van der Waals surface area contributed by atoms with Gasteiger partial charge in [0.2, 0.25) is 5.75 Å². The summed E-state index contributed by atoms with van der Waals surface area (Å²) >= 11 is 0. The third-order valence-electron chi connectivity index (χ3n) is 4.19. The van der Waals surface area contributed by atoms with E-state index in [4.69, 9.17) is 13.9 Å². The first-order valence-corrected chi connectivity index (χ1v) is 7.89. The average molecular weight is 355 g/mol. The van der Waals surface area contributed by atoms with E-state index >= 15 is 0 Å². The Hall–Kier alpha value is -3.35. The molecule has 1 heterocycles. The zero-order valence-electron chi connectivity index (χ0n) is 14.6. The predicted molar refractivity (Wildman–Crippen MR) is 94.7 cm³/mol. The van der Waals surface area contributed by atoms with Crippen LogP contribution >= 0.6 is 0 Å². The lowest BCUT2D eigenvalue weighted by Crippen LogP contribution is -2.12. The van der Waals surface area contributed by atoms with E-state index < -0.39 is 10.9 Å². The number of hydrogen-bond donors (Lipinski definition) is 0. The molecule has 2 aromatic carbocycles. The maximum Gasteiger partial charge on any atom is 0.316 e. The van der Waals surface area contributed by atoms with Crippen LogP contribution in [0.1, 0.15) is 16.7 Å². The number of rotatable bonds is 5. The summed E-state index contributed by atoms with van der Waals surface area (Å²) in [5, 5.41) is 12.0. The third-order valence-corrected chi connectivity index (χ3v) is 4.19. The van der Waals surface area contributed by atoms with Crippen molar-refractivity contribution in [2.24, 2.45) is 0 Å². The predicted octanol–water partition coefficient (Wildman–Crippen LogP) is 4.11. The Balaban J connectivity index is 1.84. The van der Waals surface area contributed by atoms with Crippen molar-refractivity contribution in [1.82, 2.24) is 0 Å². The molecule has 0 bridgehead atoms. The van der Waals surface area contributed by atoms with E-state index in [0.717, 1.165) is 16.5 Å². The summed E-state index contributed by atoms with van der Waals surface area (Å²) in [6, 6.07) is 7.91. The molecule has 0 fully saturated rings. The number of aryl methyl sites for hydroxylation is 2. The Morgan fingerprint density at radius 2 is 1.92 bits per heavy atom. The van der Waals surface area contributed by atoms with E-state index in [1.54, 1.807) is 0 Å². The van der Waals surface area contributed by atoms with Gasteiger partial charge >= 0.3 is 11.7 Å². The normalized spacial score (nSPS) is 10.7. The van der Waals surface area contributed by atoms with Crippen molar-refractivity contribution in [2.45, 2.75) is 20.3 Å². The van der Waals surface area contributed by atoms with E-state index in [9.17, 15) is 14.9 Å². The molecule has 0 atom stereocenters. The molecule has 0 N–H and O–H groups in total. The second-order valence-electron chi connectivity index (χ2n) is 5.94. The molecule has 7 nitrogen and oxygen atoms in total. The second kappa shape index (κ2) is 6.87. The summed E-state index contributed by atoms with van der Waals surface area (Å²) in [6.07, 6.45) is 1.45. The monoisotopic (exact) mass is 355 g/mol. The van der Waals surface area contributed by atoms with Crippen molar-refractivity contribution in [3.05, 3.63) is 63.4 Å². The number of hydrogen-bond acceptors (Lipinski definition) is 6. The Bertz CT molecular complexity index is 1000. The minimum absolute atomic E-state index is 0.0569. The molecule has 0 amide bonds. The van der Waals surface area contributed by atoms with Crippen molar-refractivity contribution in [2.75, 3.05) is 7.11 Å². The standard InChI is InChI=1S/C19H17NO6/c1-11-6-15-13(10-25-18(15)7-12(11)2)8-19(21)26-17-5-4-14(24-3)9-16(17)20(22)23/h4-7,9-10H,8H2,1-3H3. The first kappa shape index (κ1) is 17.5. The third kappa shape index (κ3) is 3.37. The summed E-state index contributed by atoms with van der Waals surface area (Å²) in [5.74, 6) is -0.428. The van der Waals surface area contributed by atoms with Gasteiger partial charge in [0.1, 0.15) is 11.3 Å². The van der Waals surface area contributed by atoms with Gasteiger partial charge in [0.05, 0.1) is 30.8 Å². The van der Waals surface area contributed by atoms with Crippen LogP contribution in [0, 0.1) is 24.0 Å². The van der Waals surface area contributed by atoms with Gasteiger partial charge in [0.25, 0.3) is 0 Å². The quantitative estimate of drug-likeness (QED) is 0.296. The summed E-state index contributed by atoms with van der Waals surface area (Å²) < 4.78 is 15.7. The van der Waals surface area contributed by atoms with Crippen LogP contribution in [0.2, 0.25) is 0 Å². The van der Waals surface area contributed by atoms with Gasteiger partial charge in [-0.05, 0) is 49.2 Å². The van der Waals surface area contributed by atoms with Crippen LogP contribution in [0.5, 0.6) is 11.5 Å². The molecule has 3 rings (SSSR count). The van der Waals surface area contributed by atoms with Gasteiger partial charge in [-0.15, -0.1) is 0 Å². The highest BCUT2D eigenvalue weighted by atomic mass is 16.6. The van der Waals surface area contributed by atoms with E-state index in [2.05, 4.69) is 0 Å². The van der Waals surface area contributed by atoms with Crippen LogP contribution in [0.25, 0.3) is 11.0 Å². The average Bonchev–Trinajstić information content (AvgIpc) is 2.97. The van der Waals surface area contributed by atoms with Crippen molar-refractivity contribution >= 4 is 22.6 Å². The first-order chi connectivity index (χ1) is 12.4. The number of furan rings is 1. The molecule has 26 heavy (non-hydrogen) atoms. The Kier molecular flexibility index (Phi) is 4.62. The number of nitrogens with zero attached hydrogens (tertiary/aromatic N) is 1. The molecule has 0 saturated heterocycles. The van der Waals surface area contributed by atoms with Crippen molar-refractivity contribution in [3.8, 4) is 11.5 Å². The Morgan fingerprint density at radius 1 is 1.19 bits per heavy atom. The van der Waals surface area contributed by atoms with Crippen LogP contribution in [0.4, 0.5) is 5.69 Å². The fourth-order valence-corrected chi connectivity index (χ4v) is 2.64. The number of benzene rings is 2. The smallest absolute Gasteiger partial charge is 0.316 e. The SMILES string of the molecule is COc1ccc(OC(=O)Cc2coc3cc(C)c(C)cc23)c([N+](=O)[O-])c1. The number of carbonyl (C=O) groups excluding carboxylic acids is 1. The molecule has 0 aliphatic carbocycles. The number of nitro groups is 1. The Morgan fingerprint density at radius 3 is 2.62 bits per heavy atom. The van der Waals surface area contributed by atoms with Crippen molar-refractivity contribution < 1.29 is 23.6 Å². The summed E-state index contributed by atoms with van der Waals surface area (Å²) in [5.41, 5.74) is 3.20. The molecular weight excluding hydrogens is 338 g/mol. The molecule has 134 valence electrons. The molecule has 0 aliphatic heterocycles. The molecule has 0 unspecified atom stereocenters. The fourth-order valence-electron chi connectivity index (χ4n) is 2.64. The van der Waals surface area contributed by atoms with Crippen LogP contribution in [0.15, 0.2) is 41.0 Å². The largest absolute Gasteiger partial charge is 0.496 e. The molecule has 0 aliphatic rings. The van der Waals surface area contributed by atoms with Gasteiger partial charge in [-0.1, -0.05) is 0 Å². The highest BCUT2D eigenvalue weighted by Gasteiger charge is 2.20. The fraction of sp³-hybridized carbons (Fsp3) is 0.211. The van der Waals surface area contributed by atoms with E-state index in [0.29, 0.717) is 16.9 Å². The molecule has 0 spiro atoms. The van der Waals surface area contributed by atoms with Crippen LogP contribution in [0.3, 0.4) is 0 Å². The number of esters is 1. The zero-order chi connectivity index (χ0) is 18.8. The maximum absolute atomic E-state index is 12.3. The highest BCUT2D eigenvalue weighted by molar-refractivity contribution is 5.87. The number of nitro benzene ring substituents is 1. The topological polar surface area (TPSA) is 91.8 Å². The maximum atomic E-state index is 12.3.